The number of anilines is 2. The second-order valence-electron chi connectivity index (χ2n) is 4.88. The first-order chi connectivity index (χ1) is 9.86. The Labute approximate surface area is 121 Å². The van der Waals surface area contributed by atoms with Gasteiger partial charge in [-0.3, -0.25) is 5.43 Å². The lowest BCUT2D eigenvalue weighted by Crippen LogP contribution is -2.22. The van der Waals surface area contributed by atoms with Crippen molar-refractivity contribution in [3.63, 3.8) is 0 Å². The molecule has 0 amide bonds. The van der Waals surface area contributed by atoms with E-state index in [1.807, 2.05) is 11.4 Å². The maximum atomic E-state index is 5.73. The molecule has 2 aromatic rings. The van der Waals surface area contributed by atoms with E-state index in [4.69, 9.17) is 10.6 Å². The monoisotopic (exact) mass is 293 g/mol. The van der Waals surface area contributed by atoms with Crippen LogP contribution in [0.15, 0.2) is 11.4 Å². The van der Waals surface area contributed by atoms with Crippen LogP contribution < -0.4 is 16.6 Å². The molecule has 20 heavy (non-hydrogen) atoms. The summed E-state index contributed by atoms with van der Waals surface area (Å²) in [5.74, 6) is 6.68. The van der Waals surface area contributed by atoms with Crippen molar-refractivity contribution in [3.05, 3.63) is 11.4 Å². The summed E-state index contributed by atoms with van der Waals surface area (Å²) in [4.78, 5) is 9.64. The molecule has 1 saturated heterocycles. The zero-order valence-electron chi connectivity index (χ0n) is 11.3. The minimum atomic E-state index is 0.378. The molecule has 0 bridgehead atoms. The minimum absolute atomic E-state index is 0.378. The Hall–Kier alpha value is -1.44. The van der Waals surface area contributed by atoms with Crippen molar-refractivity contribution in [2.75, 3.05) is 23.9 Å². The van der Waals surface area contributed by atoms with Crippen LogP contribution in [-0.4, -0.2) is 29.2 Å². The molecule has 0 saturated carbocycles. The second kappa shape index (κ2) is 6.34. The topological polar surface area (TPSA) is 85.1 Å². The maximum Gasteiger partial charge on any atom is 0.240 e. The average molecular weight is 293 g/mol. The van der Waals surface area contributed by atoms with Crippen molar-refractivity contribution in [2.45, 2.75) is 31.8 Å². The molecule has 1 unspecified atom stereocenters. The van der Waals surface area contributed by atoms with Crippen LogP contribution in [0.25, 0.3) is 10.2 Å². The van der Waals surface area contributed by atoms with Crippen LogP contribution in [0.1, 0.15) is 25.7 Å². The number of hydrogen-bond donors (Lipinski definition) is 3. The summed E-state index contributed by atoms with van der Waals surface area (Å²) in [7, 11) is 0. The standard InChI is InChI=1S/C13H19N5OS/c14-18-13-16-11(10-5-8-20-12(10)17-13)15-6-4-9-3-1-2-7-19-9/h5,8-9H,1-4,6-7,14H2,(H2,15,16,17,18). The van der Waals surface area contributed by atoms with E-state index in [-0.39, 0.29) is 0 Å². The Morgan fingerprint density at radius 1 is 1.40 bits per heavy atom. The van der Waals surface area contributed by atoms with E-state index in [9.17, 15) is 0 Å². The van der Waals surface area contributed by atoms with E-state index in [1.54, 1.807) is 11.3 Å². The molecule has 4 N–H and O–H groups in total. The fourth-order valence-electron chi connectivity index (χ4n) is 2.44. The van der Waals surface area contributed by atoms with Gasteiger partial charge < -0.3 is 10.1 Å². The van der Waals surface area contributed by atoms with Gasteiger partial charge in [-0.25, -0.2) is 10.8 Å². The van der Waals surface area contributed by atoms with E-state index in [2.05, 4.69) is 20.7 Å². The van der Waals surface area contributed by atoms with E-state index < -0.39 is 0 Å². The number of rotatable bonds is 5. The molecular weight excluding hydrogens is 274 g/mol. The summed E-state index contributed by atoms with van der Waals surface area (Å²) in [6.45, 7) is 1.74. The highest BCUT2D eigenvalue weighted by molar-refractivity contribution is 7.16. The first kappa shape index (κ1) is 13.5. The summed E-state index contributed by atoms with van der Waals surface area (Å²) in [5.41, 5.74) is 2.51. The number of aromatic nitrogens is 2. The second-order valence-corrected chi connectivity index (χ2v) is 5.78. The van der Waals surface area contributed by atoms with E-state index in [0.29, 0.717) is 12.1 Å². The average Bonchev–Trinajstić information content (AvgIpc) is 2.96. The summed E-state index contributed by atoms with van der Waals surface area (Å²) < 4.78 is 5.73. The van der Waals surface area contributed by atoms with Crippen LogP contribution in [0.3, 0.4) is 0 Å². The number of nitrogens with two attached hydrogens (primary N) is 1. The van der Waals surface area contributed by atoms with Gasteiger partial charge in [0.25, 0.3) is 0 Å². The molecule has 7 heteroatoms. The molecule has 108 valence electrons. The molecule has 1 atom stereocenters. The van der Waals surface area contributed by atoms with E-state index >= 15 is 0 Å². The number of fused-ring (bicyclic) bond motifs is 1. The van der Waals surface area contributed by atoms with Crippen molar-refractivity contribution in [2.24, 2.45) is 5.84 Å². The number of hydrogen-bond acceptors (Lipinski definition) is 7. The number of hydrazine groups is 1. The zero-order valence-corrected chi connectivity index (χ0v) is 12.1. The largest absolute Gasteiger partial charge is 0.378 e. The molecule has 0 radical (unpaired) electrons. The maximum absolute atomic E-state index is 5.73. The molecule has 6 nitrogen and oxygen atoms in total. The highest BCUT2D eigenvalue weighted by Crippen LogP contribution is 2.26. The van der Waals surface area contributed by atoms with Crippen molar-refractivity contribution in [1.29, 1.82) is 0 Å². The lowest BCUT2D eigenvalue weighted by molar-refractivity contribution is 0.0134. The summed E-state index contributed by atoms with van der Waals surface area (Å²) >= 11 is 1.58. The minimum Gasteiger partial charge on any atom is -0.378 e. The third-order valence-electron chi connectivity index (χ3n) is 3.49. The first-order valence-electron chi connectivity index (χ1n) is 6.94. The van der Waals surface area contributed by atoms with Crippen molar-refractivity contribution in [3.8, 4) is 0 Å². The fraction of sp³-hybridized carbons (Fsp3) is 0.538. The molecule has 1 fully saturated rings. The quantitative estimate of drug-likeness (QED) is 0.579. The van der Waals surface area contributed by atoms with Crippen LogP contribution in [0.2, 0.25) is 0 Å². The smallest absolute Gasteiger partial charge is 0.240 e. The number of thiophene rings is 1. The normalized spacial score (nSPS) is 19.1. The van der Waals surface area contributed by atoms with Gasteiger partial charge in [0.15, 0.2) is 0 Å². The summed E-state index contributed by atoms with van der Waals surface area (Å²) in [5, 5.41) is 6.43. The third kappa shape index (κ3) is 3.00. The Morgan fingerprint density at radius 3 is 3.15 bits per heavy atom. The van der Waals surface area contributed by atoms with Crippen molar-refractivity contribution in [1.82, 2.24) is 9.97 Å². The van der Waals surface area contributed by atoms with Crippen LogP contribution in [0.4, 0.5) is 11.8 Å². The van der Waals surface area contributed by atoms with Gasteiger partial charge in [-0.2, -0.15) is 4.98 Å². The highest BCUT2D eigenvalue weighted by Gasteiger charge is 2.14. The molecule has 2 aromatic heterocycles. The van der Waals surface area contributed by atoms with Gasteiger partial charge in [-0.15, -0.1) is 11.3 Å². The fourth-order valence-corrected chi connectivity index (χ4v) is 3.21. The Morgan fingerprint density at radius 2 is 2.35 bits per heavy atom. The lowest BCUT2D eigenvalue weighted by Gasteiger charge is -2.22. The summed E-state index contributed by atoms with van der Waals surface area (Å²) in [6, 6.07) is 2.03. The van der Waals surface area contributed by atoms with Gasteiger partial charge >= 0.3 is 0 Å². The van der Waals surface area contributed by atoms with Crippen molar-refractivity contribution >= 4 is 33.3 Å². The van der Waals surface area contributed by atoms with Gasteiger partial charge in [0.1, 0.15) is 10.6 Å². The van der Waals surface area contributed by atoms with E-state index in [1.165, 1.54) is 12.8 Å². The molecule has 1 aliphatic rings. The molecule has 3 rings (SSSR count). The molecule has 0 aliphatic carbocycles. The van der Waals surface area contributed by atoms with Crippen molar-refractivity contribution < 1.29 is 4.74 Å². The Bertz CT molecular complexity index is 567. The predicted octanol–water partition coefficient (Wildman–Crippen LogP) is 2.35. The van der Waals surface area contributed by atoms with Gasteiger partial charge in [-0.05, 0) is 37.1 Å². The van der Waals surface area contributed by atoms with Gasteiger partial charge in [0.2, 0.25) is 5.95 Å². The summed E-state index contributed by atoms with van der Waals surface area (Å²) in [6.07, 6.45) is 5.00. The van der Waals surface area contributed by atoms with Crippen LogP contribution >= 0.6 is 11.3 Å². The molecular formula is C13H19N5OS. The van der Waals surface area contributed by atoms with Gasteiger partial charge in [0, 0.05) is 13.2 Å². The molecule has 3 heterocycles. The Kier molecular flexibility index (Phi) is 4.29. The number of nitrogens with one attached hydrogen (secondary N) is 2. The number of ether oxygens (including phenoxy) is 1. The zero-order chi connectivity index (χ0) is 13.8. The number of nitrogen functional groups attached to an aromatic ring is 1. The SMILES string of the molecule is NNc1nc(NCCC2CCCCO2)c2ccsc2n1. The van der Waals surface area contributed by atoms with Crippen LogP contribution in [0.5, 0.6) is 0 Å². The predicted molar refractivity (Wildman–Crippen MR) is 81.9 cm³/mol. The molecule has 1 aliphatic heterocycles. The van der Waals surface area contributed by atoms with E-state index in [0.717, 1.165) is 42.0 Å². The van der Waals surface area contributed by atoms with Crippen LogP contribution in [0, 0.1) is 0 Å². The lowest BCUT2D eigenvalue weighted by atomic mass is 10.1. The molecule has 0 spiro atoms. The van der Waals surface area contributed by atoms with Crippen LogP contribution in [-0.2, 0) is 4.74 Å². The Balaban J connectivity index is 1.65. The van der Waals surface area contributed by atoms with Gasteiger partial charge in [-0.1, -0.05) is 0 Å². The highest BCUT2D eigenvalue weighted by atomic mass is 32.1. The third-order valence-corrected chi connectivity index (χ3v) is 4.29. The molecule has 0 aromatic carbocycles. The first-order valence-corrected chi connectivity index (χ1v) is 7.82. The number of nitrogens with zero attached hydrogens (tertiary/aromatic N) is 2. The van der Waals surface area contributed by atoms with Gasteiger partial charge in [0.05, 0.1) is 11.5 Å².